The van der Waals surface area contributed by atoms with Crippen molar-refractivity contribution in [2.75, 3.05) is 19.6 Å². The van der Waals surface area contributed by atoms with Gasteiger partial charge in [-0.2, -0.15) is 0 Å². The Morgan fingerprint density at radius 1 is 1.18 bits per heavy atom. The standard InChI is InChI=1S/C13H24F2N2/c1-9(2)17-7-10-4-3-5-11(8-17)13(10)16-6-12(14)15/h9-13,16H,3-8H2,1-2H3. The molecule has 1 N–H and O–H groups in total. The number of likely N-dealkylation sites (tertiary alicyclic amines) is 1. The molecule has 2 aliphatic rings. The van der Waals surface area contributed by atoms with Crippen molar-refractivity contribution in [3.63, 3.8) is 0 Å². The highest BCUT2D eigenvalue weighted by Gasteiger charge is 2.39. The van der Waals surface area contributed by atoms with E-state index >= 15 is 0 Å². The van der Waals surface area contributed by atoms with Crippen molar-refractivity contribution < 1.29 is 8.78 Å². The molecule has 2 nitrogen and oxygen atoms in total. The van der Waals surface area contributed by atoms with Crippen molar-refractivity contribution >= 4 is 0 Å². The molecule has 0 spiro atoms. The van der Waals surface area contributed by atoms with E-state index in [2.05, 4.69) is 24.1 Å². The molecule has 1 heterocycles. The first kappa shape index (κ1) is 13.2. The van der Waals surface area contributed by atoms with Gasteiger partial charge in [0, 0.05) is 25.2 Å². The van der Waals surface area contributed by atoms with Gasteiger partial charge in [-0.3, -0.25) is 0 Å². The predicted octanol–water partition coefficient (Wildman–Crippen LogP) is 2.35. The van der Waals surface area contributed by atoms with Gasteiger partial charge in [0.05, 0.1) is 6.54 Å². The monoisotopic (exact) mass is 246 g/mol. The average Bonchev–Trinajstić information content (AvgIpc) is 2.24. The van der Waals surface area contributed by atoms with E-state index in [1.165, 1.54) is 19.3 Å². The molecular weight excluding hydrogens is 222 g/mol. The maximum absolute atomic E-state index is 12.3. The second-order valence-corrected chi connectivity index (χ2v) is 5.82. The number of nitrogens with zero attached hydrogens (tertiary/aromatic N) is 1. The fourth-order valence-corrected chi connectivity index (χ4v) is 3.45. The van der Waals surface area contributed by atoms with Crippen LogP contribution in [0.2, 0.25) is 0 Å². The van der Waals surface area contributed by atoms with E-state index < -0.39 is 6.43 Å². The Hall–Kier alpha value is -0.220. The van der Waals surface area contributed by atoms with E-state index in [0.29, 0.717) is 23.9 Å². The number of halogens is 2. The first-order valence-corrected chi connectivity index (χ1v) is 6.83. The van der Waals surface area contributed by atoms with Crippen LogP contribution in [0.25, 0.3) is 0 Å². The van der Waals surface area contributed by atoms with Crippen molar-refractivity contribution in [1.29, 1.82) is 0 Å². The topological polar surface area (TPSA) is 15.3 Å². The lowest BCUT2D eigenvalue weighted by Crippen LogP contribution is -2.58. The minimum atomic E-state index is -2.22. The summed E-state index contributed by atoms with van der Waals surface area (Å²) < 4.78 is 24.6. The quantitative estimate of drug-likeness (QED) is 0.819. The Kier molecular flexibility index (Phi) is 4.36. The van der Waals surface area contributed by atoms with E-state index in [-0.39, 0.29) is 6.54 Å². The lowest BCUT2D eigenvalue weighted by molar-refractivity contribution is 0.0217. The molecule has 0 radical (unpaired) electrons. The maximum Gasteiger partial charge on any atom is 0.250 e. The van der Waals surface area contributed by atoms with Crippen molar-refractivity contribution in [2.45, 2.75) is 51.6 Å². The maximum atomic E-state index is 12.3. The fraction of sp³-hybridized carbons (Fsp3) is 1.00. The molecular formula is C13H24F2N2. The van der Waals surface area contributed by atoms with Crippen molar-refractivity contribution in [2.24, 2.45) is 11.8 Å². The van der Waals surface area contributed by atoms with Crippen LogP contribution in [0.3, 0.4) is 0 Å². The molecule has 1 aliphatic heterocycles. The molecule has 1 saturated carbocycles. The second kappa shape index (κ2) is 5.61. The summed E-state index contributed by atoms with van der Waals surface area (Å²) in [7, 11) is 0. The van der Waals surface area contributed by atoms with Crippen LogP contribution in [-0.2, 0) is 0 Å². The number of piperidine rings is 1. The van der Waals surface area contributed by atoms with Gasteiger partial charge in [0.15, 0.2) is 0 Å². The molecule has 0 aromatic carbocycles. The molecule has 17 heavy (non-hydrogen) atoms. The van der Waals surface area contributed by atoms with Gasteiger partial charge in [0.2, 0.25) is 0 Å². The molecule has 0 aromatic heterocycles. The van der Waals surface area contributed by atoms with Gasteiger partial charge >= 0.3 is 0 Å². The summed E-state index contributed by atoms with van der Waals surface area (Å²) >= 11 is 0. The van der Waals surface area contributed by atoms with Gasteiger partial charge in [0.25, 0.3) is 6.43 Å². The number of fused-ring (bicyclic) bond motifs is 2. The Bertz CT molecular complexity index is 232. The number of rotatable bonds is 4. The summed E-state index contributed by atoms with van der Waals surface area (Å²) in [6.45, 7) is 6.47. The van der Waals surface area contributed by atoms with Crippen LogP contribution in [0.5, 0.6) is 0 Å². The molecule has 0 aromatic rings. The number of hydrogen-bond donors (Lipinski definition) is 1. The van der Waals surface area contributed by atoms with Gasteiger partial charge in [-0.1, -0.05) is 6.42 Å². The summed E-state index contributed by atoms with van der Waals surface area (Å²) in [5.41, 5.74) is 0. The van der Waals surface area contributed by atoms with Crippen molar-refractivity contribution in [3.8, 4) is 0 Å². The molecule has 2 fully saturated rings. The summed E-state index contributed by atoms with van der Waals surface area (Å²) in [5.74, 6) is 1.15. The molecule has 2 unspecified atom stereocenters. The third-order valence-corrected chi connectivity index (χ3v) is 4.34. The van der Waals surface area contributed by atoms with Crippen LogP contribution in [0, 0.1) is 11.8 Å². The van der Waals surface area contributed by atoms with Crippen molar-refractivity contribution in [1.82, 2.24) is 10.2 Å². The van der Waals surface area contributed by atoms with Gasteiger partial charge in [0.1, 0.15) is 0 Å². The van der Waals surface area contributed by atoms with Crippen LogP contribution >= 0.6 is 0 Å². The largest absolute Gasteiger partial charge is 0.308 e. The average molecular weight is 246 g/mol. The SMILES string of the molecule is CC(C)N1CC2CCCC(C1)C2NCC(F)F. The highest BCUT2D eigenvalue weighted by Crippen LogP contribution is 2.35. The number of hydrogen-bond acceptors (Lipinski definition) is 2. The van der Waals surface area contributed by atoms with Crippen LogP contribution in [0.1, 0.15) is 33.1 Å². The Balaban J connectivity index is 1.95. The predicted molar refractivity (Wildman–Crippen MR) is 65.3 cm³/mol. The minimum Gasteiger partial charge on any atom is -0.308 e. The normalized spacial score (nSPS) is 34.6. The Labute approximate surface area is 103 Å². The third kappa shape index (κ3) is 3.16. The smallest absolute Gasteiger partial charge is 0.250 e. The third-order valence-electron chi connectivity index (χ3n) is 4.34. The number of alkyl halides is 2. The molecule has 1 saturated heterocycles. The molecule has 2 atom stereocenters. The summed E-state index contributed by atoms with van der Waals surface area (Å²) in [6, 6.07) is 0.905. The van der Waals surface area contributed by atoms with Crippen LogP contribution < -0.4 is 5.32 Å². The lowest BCUT2D eigenvalue weighted by Gasteiger charge is -2.49. The zero-order valence-corrected chi connectivity index (χ0v) is 10.8. The minimum absolute atomic E-state index is 0.140. The molecule has 0 amide bonds. The molecule has 1 aliphatic carbocycles. The first-order chi connectivity index (χ1) is 8.08. The lowest BCUT2D eigenvalue weighted by atomic mass is 9.73. The highest BCUT2D eigenvalue weighted by atomic mass is 19.3. The second-order valence-electron chi connectivity index (χ2n) is 5.82. The summed E-state index contributed by atoms with van der Waals surface area (Å²) in [6.07, 6.45) is 1.44. The highest BCUT2D eigenvalue weighted by molar-refractivity contribution is 4.95. The molecule has 2 bridgehead atoms. The molecule has 4 heteroatoms. The summed E-state index contributed by atoms with van der Waals surface area (Å²) in [4.78, 5) is 2.51. The Morgan fingerprint density at radius 3 is 2.24 bits per heavy atom. The van der Waals surface area contributed by atoms with E-state index in [1.54, 1.807) is 0 Å². The summed E-state index contributed by atoms with van der Waals surface area (Å²) in [5, 5.41) is 3.11. The van der Waals surface area contributed by atoms with Crippen LogP contribution in [0.15, 0.2) is 0 Å². The van der Waals surface area contributed by atoms with Gasteiger partial charge in [-0.15, -0.1) is 0 Å². The molecule has 2 rings (SSSR count). The van der Waals surface area contributed by atoms with E-state index in [1.807, 2.05) is 0 Å². The van der Waals surface area contributed by atoms with E-state index in [4.69, 9.17) is 0 Å². The van der Waals surface area contributed by atoms with Crippen LogP contribution in [0.4, 0.5) is 8.78 Å². The van der Waals surface area contributed by atoms with Gasteiger partial charge in [-0.05, 0) is 38.5 Å². The first-order valence-electron chi connectivity index (χ1n) is 6.83. The van der Waals surface area contributed by atoms with E-state index in [0.717, 1.165) is 13.1 Å². The fourth-order valence-electron chi connectivity index (χ4n) is 3.45. The Morgan fingerprint density at radius 2 is 1.76 bits per heavy atom. The number of nitrogens with one attached hydrogen (secondary N) is 1. The van der Waals surface area contributed by atoms with Crippen molar-refractivity contribution in [3.05, 3.63) is 0 Å². The van der Waals surface area contributed by atoms with Gasteiger partial charge < -0.3 is 10.2 Å². The van der Waals surface area contributed by atoms with Gasteiger partial charge in [-0.25, -0.2) is 8.78 Å². The zero-order chi connectivity index (χ0) is 12.4. The van der Waals surface area contributed by atoms with Crippen LogP contribution in [-0.4, -0.2) is 43.0 Å². The zero-order valence-electron chi connectivity index (χ0n) is 10.8. The van der Waals surface area contributed by atoms with E-state index in [9.17, 15) is 8.78 Å². The molecule has 100 valence electrons.